The van der Waals surface area contributed by atoms with Gasteiger partial charge in [-0.2, -0.15) is 0 Å². The predicted molar refractivity (Wildman–Crippen MR) is 81.7 cm³/mol. The summed E-state index contributed by atoms with van der Waals surface area (Å²) in [4.78, 5) is 27.8. The zero-order valence-corrected chi connectivity index (χ0v) is 12.4. The maximum Gasteiger partial charge on any atom is 0.253 e. The van der Waals surface area contributed by atoms with Gasteiger partial charge in [-0.3, -0.25) is 14.2 Å². The van der Waals surface area contributed by atoms with Gasteiger partial charge in [0.25, 0.3) is 11.5 Å². The SMILES string of the molecule is CCc1cc(=O)n(CCNC(=O)c2ccc(Cl)cc2)cn1. The molecule has 0 aliphatic heterocycles. The number of hydrogen-bond acceptors (Lipinski definition) is 3. The summed E-state index contributed by atoms with van der Waals surface area (Å²) < 4.78 is 1.47. The molecule has 2 aromatic rings. The standard InChI is InChI=1S/C15H16ClN3O2/c1-2-13-9-14(20)19(10-18-13)8-7-17-15(21)11-3-5-12(16)6-4-11/h3-6,9-10H,2,7-8H2,1H3,(H,17,21). The number of nitrogens with one attached hydrogen (secondary N) is 1. The highest BCUT2D eigenvalue weighted by molar-refractivity contribution is 6.30. The minimum Gasteiger partial charge on any atom is -0.350 e. The third kappa shape index (κ3) is 4.16. The van der Waals surface area contributed by atoms with Crippen molar-refractivity contribution < 1.29 is 4.79 Å². The summed E-state index contributed by atoms with van der Waals surface area (Å²) >= 11 is 5.77. The molecule has 0 spiro atoms. The Labute approximate surface area is 127 Å². The summed E-state index contributed by atoms with van der Waals surface area (Å²) in [6.07, 6.45) is 2.24. The molecular weight excluding hydrogens is 290 g/mol. The van der Waals surface area contributed by atoms with E-state index in [0.29, 0.717) is 23.7 Å². The minimum absolute atomic E-state index is 0.109. The third-order valence-electron chi connectivity index (χ3n) is 3.04. The van der Waals surface area contributed by atoms with E-state index in [4.69, 9.17) is 11.6 Å². The van der Waals surface area contributed by atoms with Gasteiger partial charge in [-0.05, 0) is 30.7 Å². The number of benzene rings is 1. The molecule has 0 aliphatic carbocycles. The molecule has 6 heteroatoms. The second-order valence-electron chi connectivity index (χ2n) is 4.53. The lowest BCUT2D eigenvalue weighted by atomic mass is 10.2. The Balaban J connectivity index is 1.91. The van der Waals surface area contributed by atoms with Crippen molar-refractivity contribution in [3.05, 3.63) is 63.3 Å². The van der Waals surface area contributed by atoms with Gasteiger partial charge in [0.1, 0.15) is 0 Å². The second-order valence-corrected chi connectivity index (χ2v) is 4.96. The number of amides is 1. The summed E-state index contributed by atoms with van der Waals surface area (Å²) in [5.41, 5.74) is 1.19. The van der Waals surface area contributed by atoms with Crippen LogP contribution in [0.5, 0.6) is 0 Å². The van der Waals surface area contributed by atoms with Crippen LogP contribution in [0.1, 0.15) is 23.0 Å². The highest BCUT2D eigenvalue weighted by Gasteiger charge is 2.05. The molecule has 0 unspecified atom stereocenters. The van der Waals surface area contributed by atoms with Crippen molar-refractivity contribution in [3.63, 3.8) is 0 Å². The van der Waals surface area contributed by atoms with Gasteiger partial charge < -0.3 is 5.32 Å². The number of aryl methyl sites for hydroxylation is 1. The first-order valence-electron chi connectivity index (χ1n) is 6.69. The first-order valence-corrected chi connectivity index (χ1v) is 7.07. The van der Waals surface area contributed by atoms with Crippen molar-refractivity contribution in [2.45, 2.75) is 19.9 Å². The van der Waals surface area contributed by atoms with E-state index < -0.39 is 0 Å². The molecule has 1 heterocycles. The van der Waals surface area contributed by atoms with Crippen LogP contribution in [-0.2, 0) is 13.0 Å². The highest BCUT2D eigenvalue weighted by atomic mass is 35.5. The molecule has 2 rings (SSSR count). The van der Waals surface area contributed by atoms with E-state index in [9.17, 15) is 9.59 Å². The molecule has 1 N–H and O–H groups in total. The molecule has 1 amide bonds. The fourth-order valence-electron chi connectivity index (χ4n) is 1.82. The maximum atomic E-state index is 11.9. The number of hydrogen-bond donors (Lipinski definition) is 1. The average Bonchev–Trinajstić information content (AvgIpc) is 2.49. The van der Waals surface area contributed by atoms with Crippen LogP contribution in [-0.4, -0.2) is 22.0 Å². The zero-order valence-electron chi connectivity index (χ0n) is 11.7. The van der Waals surface area contributed by atoms with E-state index in [1.165, 1.54) is 17.0 Å². The molecule has 0 fully saturated rings. The van der Waals surface area contributed by atoms with Crippen molar-refractivity contribution >= 4 is 17.5 Å². The predicted octanol–water partition coefficient (Wildman–Crippen LogP) is 1.89. The topological polar surface area (TPSA) is 64.0 Å². The van der Waals surface area contributed by atoms with Crippen molar-refractivity contribution in [2.75, 3.05) is 6.54 Å². The van der Waals surface area contributed by atoms with Crippen LogP contribution < -0.4 is 10.9 Å². The lowest BCUT2D eigenvalue weighted by Crippen LogP contribution is -2.31. The quantitative estimate of drug-likeness (QED) is 0.917. The first kappa shape index (κ1) is 15.3. The molecule has 110 valence electrons. The molecule has 0 atom stereocenters. The van der Waals surface area contributed by atoms with Crippen LogP contribution in [0.2, 0.25) is 5.02 Å². The lowest BCUT2D eigenvalue weighted by molar-refractivity contribution is 0.0952. The first-order chi connectivity index (χ1) is 10.1. The van der Waals surface area contributed by atoms with E-state index in [2.05, 4.69) is 10.3 Å². The number of carbonyl (C=O) groups excluding carboxylic acids is 1. The van der Waals surface area contributed by atoms with E-state index in [-0.39, 0.29) is 11.5 Å². The van der Waals surface area contributed by atoms with Gasteiger partial charge in [0.05, 0.1) is 6.33 Å². The Morgan fingerprint density at radius 2 is 2.05 bits per heavy atom. The smallest absolute Gasteiger partial charge is 0.253 e. The Morgan fingerprint density at radius 1 is 1.33 bits per heavy atom. The van der Waals surface area contributed by atoms with Crippen LogP contribution in [0.15, 0.2) is 41.5 Å². The normalized spacial score (nSPS) is 10.4. The maximum absolute atomic E-state index is 11.9. The zero-order chi connectivity index (χ0) is 15.2. The average molecular weight is 306 g/mol. The van der Waals surface area contributed by atoms with Gasteiger partial charge in [0, 0.05) is 35.4 Å². The molecule has 21 heavy (non-hydrogen) atoms. The molecule has 1 aromatic heterocycles. The molecule has 5 nitrogen and oxygen atoms in total. The number of rotatable bonds is 5. The highest BCUT2D eigenvalue weighted by Crippen LogP contribution is 2.09. The summed E-state index contributed by atoms with van der Waals surface area (Å²) in [5, 5.41) is 3.34. The molecule has 0 aliphatic rings. The third-order valence-corrected chi connectivity index (χ3v) is 3.29. The van der Waals surface area contributed by atoms with Crippen LogP contribution in [0.4, 0.5) is 0 Å². The van der Waals surface area contributed by atoms with Gasteiger partial charge in [-0.15, -0.1) is 0 Å². The minimum atomic E-state index is -0.196. The summed E-state index contributed by atoms with van der Waals surface area (Å²) in [6.45, 7) is 2.68. The van der Waals surface area contributed by atoms with Gasteiger partial charge in [0.2, 0.25) is 0 Å². The fraction of sp³-hybridized carbons (Fsp3) is 0.267. The van der Waals surface area contributed by atoms with Crippen LogP contribution in [0, 0.1) is 0 Å². The number of halogens is 1. The van der Waals surface area contributed by atoms with E-state index in [1.54, 1.807) is 24.3 Å². The van der Waals surface area contributed by atoms with E-state index >= 15 is 0 Å². The summed E-state index contributed by atoms with van der Waals surface area (Å²) in [5.74, 6) is -0.196. The van der Waals surface area contributed by atoms with Crippen molar-refractivity contribution in [3.8, 4) is 0 Å². The largest absolute Gasteiger partial charge is 0.350 e. The fourth-order valence-corrected chi connectivity index (χ4v) is 1.94. The van der Waals surface area contributed by atoms with Crippen molar-refractivity contribution in [2.24, 2.45) is 0 Å². The van der Waals surface area contributed by atoms with E-state index in [1.807, 2.05) is 6.92 Å². The number of aromatic nitrogens is 2. The van der Waals surface area contributed by atoms with E-state index in [0.717, 1.165) is 12.1 Å². The lowest BCUT2D eigenvalue weighted by Gasteiger charge is -2.08. The molecule has 0 saturated carbocycles. The molecule has 0 bridgehead atoms. The summed E-state index contributed by atoms with van der Waals surface area (Å²) in [6, 6.07) is 8.15. The van der Waals surface area contributed by atoms with Gasteiger partial charge in [-0.25, -0.2) is 4.98 Å². The molecule has 1 aromatic carbocycles. The number of nitrogens with zero attached hydrogens (tertiary/aromatic N) is 2. The Morgan fingerprint density at radius 3 is 2.67 bits per heavy atom. The summed E-state index contributed by atoms with van der Waals surface area (Å²) in [7, 11) is 0. The van der Waals surface area contributed by atoms with Gasteiger partial charge >= 0.3 is 0 Å². The van der Waals surface area contributed by atoms with Gasteiger partial charge in [0.15, 0.2) is 0 Å². The molecular formula is C15H16ClN3O2. The molecule has 0 saturated heterocycles. The molecule has 0 radical (unpaired) electrons. The Kier molecular flexibility index (Phi) is 5.11. The van der Waals surface area contributed by atoms with Crippen molar-refractivity contribution in [1.82, 2.24) is 14.9 Å². The second kappa shape index (κ2) is 7.04. The van der Waals surface area contributed by atoms with Crippen LogP contribution >= 0.6 is 11.6 Å². The monoisotopic (exact) mass is 305 g/mol. The van der Waals surface area contributed by atoms with Gasteiger partial charge in [-0.1, -0.05) is 18.5 Å². The van der Waals surface area contributed by atoms with Crippen LogP contribution in [0.25, 0.3) is 0 Å². The van der Waals surface area contributed by atoms with Crippen LogP contribution in [0.3, 0.4) is 0 Å². The van der Waals surface area contributed by atoms with Crippen molar-refractivity contribution in [1.29, 1.82) is 0 Å². The Bertz CT molecular complexity index is 680. The Hall–Kier alpha value is -2.14. The number of carbonyl (C=O) groups is 1.